The van der Waals surface area contributed by atoms with Gasteiger partial charge >= 0.3 is 0 Å². The molecule has 0 bridgehead atoms. The molecule has 1 heterocycles. The van der Waals surface area contributed by atoms with E-state index in [0.29, 0.717) is 11.8 Å². The van der Waals surface area contributed by atoms with Gasteiger partial charge in [-0.3, -0.25) is 9.97 Å². The van der Waals surface area contributed by atoms with Crippen LogP contribution in [0.15, 0.2) is 18.6 Å². The molecule has 3 nitrogen and oxygen atoms in total. The second kappa shape index (κ2) is 6.00. The van der Waals surface area contributed by atoms with Crippen molar-refractivity contribution in [2.75, 3.05) is 6.54 Å². The van der Waals surface area contributed by atoms with Crippen molar-refractivity contribution in [2.45, 2.75) is 58.4 Å². The Morgan fingerprint density at radius 1 is 1.26 bits per heavy atom. The van der Waals surface area contributed by atoms with Crippen LogP contribution in [-0.2, 0) is 0 Å². The normalized spacial score (nSPS) is 28.3. The van der Waals surface area contributed by atoms with Crippen LogP contribution in [-0.4, -0.2) is 22.1 Å². The topological polar surface area (TPSA) is 37.8 Å². The molecule has 19 heavy (non-hydrogen) atoms. The molecule has 2 rings (SSSR count). The molecule has 1 aromatic rings. The molecule has 1 aromatic heterocycles. The van der Waals surface area contributed by atoms with Gasteiger partial charge in [0.2, 0.25) is 0 Å². The van der Waals surface area contributed by atoms with Crippen LogP contribution in [0.2, 0.25) is 0 Å². The summed E-state index contributed by atoms with van der Waals surface area (Å²) in [5.41, 5.74) is 1.37. The predicted octanol–water partition coefficient (Wildman–Crippen LogP) is 3.38. The van der Waals surface area contributed by atoms with Crippen LogP contribution in [0.25, 0.3) is 0 Å². The van der Waals surface area contributed by atoms with E-state index in [4.69, 9.17) is 0 Å². The minimum Gasteiger partial charge on any atom is -0.312 e. The van der Waals surface area contributed by atoms with Gasteiger partial charge in [0.1, 0.15) is 0 Å². The summed E-state index contributed by atoms with van der Waals surface area (Å²) in [6, 6.07) is 0. The van der Waals surface area contributed by atoms with Crippen molar-refractivity contribution in [1.29, 1.82) is 0 Å². The molecule has 1 aliphatic carbocycles. The number of rotatable bonds is 3. The van der Waals surface area contributed by atoms with E-state index in [-0.39, 0.29) is 5.54 Å². The fraction of sp³-hybridized carbons (Fsp3) is 0.750. The fourth-order valence-electron chi connectivity index (χ4n) is 2.99. The molecule has 0 radical (unpaired) electrons. The smallest absolute Gasteiger partial charge is 0.0620 e. The third-order valence-corrected chi connectivity index (χ3v) is 4.11. The molecule has 0 saturated heterocycles. The fourth-order valence-corrected chi connectivity index (χ4v) is 2.99. The lowest BCUT2D eigenvalue weighted by Crippen LogP contribution is -2.41. The Hall–Kier alpha value is -0.960. The molecule has 3 atom stereocenters. The summed E-state index contributed by atoms with van der Waals surface area (Å²) in [5.74, 6) is 2.05. The lowest BCUT2D eigenvalue weighted by Gasteiger charge is -2.36. The van der Waals surface area contributed by atoms with E-state index in [1.807, 2.05) is 12.4 Å². The molecule has 3 heteroatoms. The molecule has 0 aromatic carbocycles. The van der Waals surface area contributed by atoms with Crippen molar-refractivity contribution >= 4 is 0 Å². The average molecular weight is 261 g/mol. The van der Waals surface area contributed by atoms with Gasteiger partial charge in [-0.2, -0.15) is 0 Å². The van der Waals surface area contributed by atoms with Gasteiger partial charge in [-0.15, -0.1) is 0 Å². The lowest BCUT2D eigenvalue weighted by atomic mass is 9.73. The summed E-state index contributed by atoms with van der Waals surface area (Å²) in [7, 11) is 0. The molecule has 3 unspecified atom stereocenters. The Bertz CT molecular complexity index is 383. The van der Waals surface area contributed by atoms with E-state index in [1.165, 1.54) is 25.0 Å². The highest BCUT2D eigenvalue weighted by Gasteiger charge is 2.31. The summed E-state index contributed by atoms with van der Waals surface area (Å²) < 4.78 is 0. The van der Waals surface area contributed by atoms with Crippen LogP contribution < -0.4 is 5.32 Å². The molecule has 1 aliphatic rings. The number of aromatic nitrogens is 2. The van der Waals surface area contributed by atoms with Crippen molar-refractivity contribution in [3.63, 3.8) is 0 Å². The zero-order valence-corrected chi connectivity index (χ0v) is 12.7. The summed E-state index contributed by atoms with van der Waals surface area (Å²) in [6.45, 7) is 10.1. The van der Waals surface area contributed by atoms with E-state index in [2.05, 4.69) is 43.0 Å². The maximum atomic E-state index is 4.54. The van der Waals surface area contributed by atoms with Crippen molar-refractivity contribution in [1.82, 2.24) is 15.3 Å². The van der Waals surface area contributed by atoms with Crippen molar-refractivity contribution in [3.05, 3.63) is 24.3 Å². The predicted molar refractivity (Wildman–Crippen MR) is 79.0 cm³/mol. The second-order valence-corrected chi connectivity index (χ2v) is 7.05. The molecule has 1 fully saturated rings. The highest BCUT2D eigenvalue weighted by atomic mass is 14.9. The number of hydrogen-bond acceptors (Lipinski definition) is 3. The van der Waals surface area contributed by atoms with E-state index >= 15 is 0 Å². The Morgan fingerprint density at radius 2 is 2.05 bits per heavy atom. The summed E-state index contributed by atoms with van der Waals surface area (Å²) in [6.07, 6.45) is 9.42. The van der Waals surface area contributed by atoms with E-state index in [1.54, 1.807) is 6.20 Å². The number of hydrogen-bond donors (Lipinski definition) is 1. The van der Waals surface area contributed by atoms with Gasteiger partial charge < -0.3 is 5.32 Å². The third-order valence-electron chi connectivity index (χ3n) is 4.11. The van der Waals surface area contributed by atoms with Crippen LogP contribution >= 0.6 is 0 Å². The molecule has 1 N–H and O–H groups in total. The summed E-state index contributed by atoms with van der Waals surface area (Å²) in [5, 5.41) is 3.66. The number of nitrogens with zero attached hydrogens (tertiary/aromatic N) is 2. The molecule has 0 spiro atoms. The first kappa shape index (κ1) is 14.4. The molecular formula is C16H27N3. The quantitative estimate of drug-likeness (QED) is 0.906. The first-order chi connectivity index (χ1) is 8.96. The van der Waals surface area contributed by atoms with Crippen LogP contribution in [0, 0.1) is 11.8 Å². The Balaban J connectivity index is 2.07. The number of nitrogens with one attached hydrogen (secondary N) is 1. The Morgan fingerprint density at radius 3 is 2.68 bits per heavy atom. The maximum Gasteiger partial charge on any atom is 0.0620 e. The summed E-state index contributed by atoms with van der Waals surface area (Å²) >= 11 is 0. The van der Waals surface area contributed by atoms with Crippen LogP contribution in [0.1, 0.15) is 58.6 Å². The molecular weight excluding hydrogens is 234 g/mol. The summed E-state index contributed by atoms with van der Waals surface area (Å²) in [4.78, 5) is 8.79. The highest BCUT2D eigenvalue weighted by Crippen LogP contribution is 2.39. The van der Waals surface area contributed by atoms with E-state index < -0.39 is 0 Å². The van der Waals surface area contributed by atoms with Gasteiger partial charge in [0.25, 0.3) is 0 Å². The maximum absolute atomic E-state index is 4.54. The average Bonchev–Trinajstić information content (AvgIpc) is 2.37. The standard InChI is InChI=1S/C16H27N3/c1-12-5-6-13(10-19-16(2,3)4)14(9-12)15-11-17-7-8-18-15/h7-8,11-14,19H,5-6,9-10H2,1-4H3. The molecule has 1 saturated carbocycles. The Labute approximate surface area is 117 Å². The minimum atomic E-state index is 0.190. The van der Waals surface area contributed by atoms with Gasteiger partial charge in [-0.1, -0.05) is 13.3 Å². The van der Waals surface area contributed by atoms with Gasteiger partial charge in [0.15, 0.2) is 0 Å². The highest BCUT2D eigenvalue weighted by molar-refractivity contribution is 5.07. The van der Waals surface area contributed by atoms with E-state index in [9.17, 15) is 0 Å². The minimum absolute atomic E-state index is 0.190. The van der Waals surface area contributed by atoms with Crippen LogP contribution in [0.3, 0.4) is 0 Å². The zero-order valence-electron chi connectivity index (χ0n) is 12.7. The Kier molecular flexibility index (Phi) is 4.56. The molecule has 0 amide bonds. The lowest BCUT2D eigenvalue weighted by molar-refractivity contribution is 0.223. The van der Waals surface area contributed by atoms with Crippen LogP contribution in [0.4, 0.5) is 0 Å². The SMILES string of the molecule is CC1CCC(CNC(C)(C)C)C(c2cnccn2)C1. The van der Waals surface area contributed by atoms with Crippen LogP contribution in [0.5, 0.6) is 0 Å². The van der Waals surface area contributed by atoms with E-state index in [0.717, 1.165) is 12.5 Å². The van der Waals surface area contributed by atoms with Crippen molar-refractivity contribution in [3.8, 4) is 0 Å². The first-order valence-electron chi connectivity index (χ1n) is 7.46. The second-order valence-electron chi connectivity index (χ2n) is 7.05. The van der Waals surface area contributed by atoms with Gasteiger partial charge in [-0.05, 0) is 52.0 Å². The van der Waals surface area contributed by atoms with Gasteiger partial charge in [-0.25, -0.2) is 0 Å². The molecule has 106 valence electrons. The van der Waals surface area contributed by atoms with Crippen molar-refractivity contribution < 1.29 is 0 Å². The third kappa shape index (κ3) is 4.27. The first-order valence-corrected chi connectivity index (χ1v) is 7.46. The van der Waals surface area contributed by atoms with Gasteiger partial charge in [0, 0.05) is 30.0 Å². The van der Waals surface area contributed by atoms with Crippen molar-refractivity contribution in [2.24, 2.45) is 11.8 Å². The zero-order chi connectivity index (χ0) is 13.9. The van der Waals surface area contributed by atoms with Gasteiger partial charge in [0.05, 0.1) is 5.69 Å². The monoisotopic (exact) mass is 261 g/mol. The largest absolute Gasteiger partial charge is 0.312 e. The molecule has 0 aliphatic heterocycles.